The van der Waals surface area contributed by atoms with Crippen LogP contribution in [0.25, 0.3) is 0 Å². The molecule has 0 aromatic carbocycles. The predicted octanol–water partition coefficient (Wildman–Crippen LogP) is -5.07. The molecule has 0 fully saturated rings. The van der Waals surface area contributed by atoms with E-state index in [0.717, 1.165) is 0 Å². The number of rotatable bonds is 0. The fourth-order valence-electron chi connectivity index (χ4n) is 0. The maximum atomic E-state index is 8.46. The van der Waals surface area contributed by atoms with E-state index in [2.05, 4.69) is 0 Å². The van der Waals surface area contributed by atoms with E-state index in [1.807, 2.05) is 0 Å². The van der Waals surface area contributed by atoms with Crippen LogP contribution in [0.2, 0.25) is 0 Å². The minimum absolute atomic E-state index is 0. The van der Waals surface area contributed by atoms with Crippen LogP contribution in [0.4, 0.5) is 0 Å². The van der Waals surface area contributed by atoms with Gasteiger partial charge in [-0.3, -0.25) is 0 Å². The minimum Gasteiger partial charge on any atom is 3.00 e. The Morgan fingerprint density at radius 2 is 0.700 bits per heavy atom. The second kappa shape index (κ2) is 46.8. The van der Waals surface area contributed by atoms with Crippen molar-refractivity contribution in [1.82, 2.24) is 0 Å². The van der Waals surface area contributed by atoms with Crippen LogP contribution in [-0.2, 0) is 44.1 Å². The van der Waals surface area contributed by atoms with Crippen LogP contribution in [0.15, 0.2) is 0 Å². The van der Waals surface area contributed by atoms with E-state index >= 15 is 0 Å². The first-order valence-corrected chi connectivity index (χ1v) is 4.24. The molecule has 0 radical (unpaired) electrons. The van der Waals surface area contributed by atoms with E-state index in [0.29, 0.717) is 0 Å². The summed E-state index contributed by atoms with van der Waals surface area (Å²) < 4.78 is 50.8. The molecule has 0 bridgehead atoms. The van der Waals surface area contributed by atoms with Crippen molar-refractivity contribution < 1.29 is 56.6 Å². The van der Waals surface area contributed by atoms with Gasteiger partial charge in [0.15, 0.2) is 0 Å². The summed E-state index contributed by atoms with van der Waals surface area (Å²) in [5, 5.41) is 0. The van der Waals surface area contributed by atoms with E-state index in [4.69, 9.17) is 23.9 Å². The second-order valence-corrected chi connectivity index (χ2v) is 0.866. The van der Waals surface area contributed by atoms with Gasteiger partial charge in [-0.05, 0) is 0 Å². The van der Waals surface area contributed by atoms with Crippen LogP contribution in [-0.4, -0.2) is 46.5 Å². The molecule has 0 unspecified atom stereocenters. The fourth-order valence-corrected chi connectivity index (χ4v) is 0. The molecular formula is Al3O6Y. The molecule has 6 nitrogen and oxygen atoms in total. The van der Waals surface area contributed by atoms with Crippen molar-refractivity contribution in [2.24, 2.45) is 0 Å². The molecule has 0 rings (SSSR count). The van der Waals surface area contributed by atoms with Crippen molar-refractivity contribution >= 4 is 46.5 Å². The molecule has 0 aliphatic heterocycles. The number of hydrogen-bond acceptors (Lipinski definition) is 6. The molecule has 0 spiro atoms. The Labute approximate surface area is 102 Å². The van der Waals surface area contributed by atoms with Crippen LogP contribution in [0.3, 0.4) is 0 Å². The summed E-state index contributed by atoms with van der Waals surface area (Å²) >= 11 is -5.25. The molecule has 48 valence electrons. The van der Waals surface area contributed by atoms with E-state index in [1.54, 1.807) is 0 Å². The quantitative estimate of drug-likeness (QED) is 0.404. The molecule has 0 aromatic heterocycles. The monoisotopic (exact) mass is 266 g/mol. The molecule has 0 saturated heterocycles. The van der Waals surface area contributed by atoms with E-state index in [-0.39, 0.29) is 32.7 Å². The first-order valence-electron chi connectivity index (χ1n) is 1.41. The van der Waals surface area contributed by atoms with Crippen LogP contribution >= 0.6 is 0 Å². The Bertz CT molecular complexity index is 49.7. The molecule has 10 heteroatoms. The average molecular weight is 266 g/mol. The van der Waals surface area contributed by atoms with E-state index in [9.17, 15) is 0 Å². The molecule has 0 N–H and O–H groups in total. The SMILES string of the molecule is [O]=[Al][O-].[O]=[Al][O-].[O]=[Al][O-].[Y+3]. The number of hydrogen-bond donors (Lipinski definition) is 0. The summed E-state index contributed by atoms with van der Waals surface area (Å²) in [6.07, 6.45) is 0. The molecule has 0 heterocycles. The van der Waals surface area contributed by atoms with Gasteiger partial charge in [-0.2, -0.15) is 0 Å². The van der Waals surface area contributed by atoms with Gasteiger partial charge >= 0.3 is 103 Å². The second-order valence-electron chi connectivity index (χ2n) is 0.289. The normalized spacial score (nSPS) is 2.40. The van der Waals surface area contributed by atoms with Crippen LogP contribution in [0.1, 0.15) is 0 Å². The standard InChI is InChI=1S/3Al.6O.Y/q;;;;;;3*-1;+3. The van der Waals surface area contributed by atoms with Crippen LogP contribution in [0.5, 0.6) is 0 Å². The summed E-state index contributed by atoms with van der Waals surface area (Å²) in [5.41, 5.74) is 0. The smallest absolute Gasteiger partial charge is 3.00 e. The van der Waals surface area contributed by atoms with Gasteiger partial charge in [0.1, 0.15) is 0 Å². The Hall–Kier alpha value is 1.50. The third-order valence-corrected chi connectivity index (χ3v) is 0. The molecule has 0 aliphatic carbocycles. The maximum absolute atomic E-state index is 8.46. The maximum Gasteiger partial charge on any atom is 3.00 e. The van der Waals surface area contributed by atoms with Gasteiger partial charge in [-0.1, -0.05) is 0 Å². The summed E-state index contributed by atoms with van der Waals surface area (Å²) in [6, 6.07) is 0. The molecule has 10 heavy (non-hydrogen) atoms. The Kier molecular flexibility index (Phi) is 105. The largest absolute Gasteiger partial charge is 3.00 e. The Morgan fingerprint density at radius 3 is 0.700 bits per heavy atom. The van der Waals surface area contributed by atoms with E-state index in [1.165, 1.54) is 0 Å². The zero-order valence-corrected chi connectivity index (χ0v) is 11.1. The van der Waals surface area contributed by atoms with Crippen molar-refractivity contribution in [3.05, 3.63) is 0 Å². The fraction of sp³-hybridized carbons (Fsp3) is 0. The van der Waals surface area contributed by atoms with Crippen molar-refractivity contribution in [2.45, 2.75) is 0 Å². The summed E-state index contributed by atoms with van der Waals surface area (Å²) in [6.45, 7) is 0. The molecule has 0 atom stereocenters. The van der Waals surface area contributed by atoms with Gasteiger partial charge in [-0.15, -0.1) is 0 Å². The molecular weight excluding hydrogens is 266 g/mol. The third kappa shape index (κ3) is 305. The molecule has 0 saturated carbocycles. The summed E-state index contributed by atoms with van der Waals surface area (Å²) in [5.74, 6) is 0. The summed E-state index contributed by atoms with van der Waals surface area (Å²) in [7, 11) is 0. The van der Waals surface area contributed by atoms with Crippen LogP contribution in [0, 0.1) is 0 Å². The van der Waals surface area contributed by atoms with Crippen LogP contribution < -0.4 is 12.5 Å². The molecule has 0 amide bonds. The first-order chi connectivity index (χ1) is 4.24. The van der Waals surface area contributed by atoms with Gasteiger partial charge in [-0.25, -0.2) is 0 Å². The zero-order chi connectivity index (χ0) is 8.12. The molecule has 0 aromatic rings. The Balaban J connectivity index is -0.0000000257. The molecule has 0 aliphatic rings. The Morgan fingerprint density at radius 1 is 0.700 bits per heavy atom. The topological polar surface area (TPSA) is 120 Å². The van der Waals surface area contributed by atoms with Gasteiger partial charge in [0.2, 0.25) is 0 Å². The first kappa shape index (κ1) is 22.5. The van der Waals surface area contributed by atoms with Crippen molar-refractivity contribution in [1.29, 1.82) is 0 Å². The average Bonchev–Trinajstić information content (AvgIpc) is 1.70. The minimum atomic E-state index is -1.75. The van der Waals surface area contributed by atoms with Gasteiger partial charge < -0.3 is 0 Å². The van der Waals surface area contributed by atoms with Crippen molar-refractivity contribution in [2.75, 3.05) is 0 Å². The van der Waals surface area contributed by atoms with Crippen molar-refractivity contribution in [3.63, 3.8) is 0 Å². The van der Waals surface area contributed by atoms with E-state index < -0.39 is 46.5 Å². The van der Waals surface area contributed by atoms with Crippen molar-refractivity contribution in [3.8, 4) is 0 Å². The van der Waals surface area contributed by atoms with Gasteiger partial charge in [0, 0.05) is 0 Å². The third-order valence-electron chi connectivity index (χ3n) is 0. The zero-order valence-electron chi connectivity index (χ0n) is 4.76. The van der Waals surface area contributed by atoms with Gasteiger partial charge in [0.05, 0.1) is 0 Å². The summed E-state index contributed by atoms with van der Waals surface area (Å²) in [4.78, 5) is 0. The predicted molar refractivity (Wildman–Crippen MR) is 19.3 cm³/mol. The van der Waals surface area contributed by atoms with Gasteiger partial charge in [0.25, 0.3) is 0 Å².